The minimum Gasteiger partial charge on any atom is -0.377 e. The summed E-state index contributed by atoms with van der Waals surface area (Å²) in [5.74, 6) is 0.0974. The Morgan fingerprint density at radius 1 is 1.35 bits per heavy atom. The third kappa shape index (κ3) is 3.57. The van der Waals surface area contributed by atoms with E-state index in [9.17, 15) is 13.2 Å². The van der Waals surface area contributed by atoms with Crippen LogP contribution in [0.2, 0.25) is 0 Å². The molecule has 0 spiro atoms. The van der Waals surface area contributed by atoms with Gasteiger partial charge in [-0.3, -0.25) is 4.79 Å². The number of sulfonamides is 1. The normalized spacial score (nSPS) is 22.0. The number of amides is 1. The van der Waals surface area contributed by atoms with E-state index in [0.717, 1.165) is 30.5 Å². The highest BCUT2D eigenvalue weighted by Gasteiger charge is 2.25. The van der Waals surface area contributed by atoms with Gasteiger partial charge in [0.2, 0.25) is 15.9 Å². The van der Waals surface area contributed by atoms with Gasteiger partial charge in [-0.2, -0.15) is 0 Å². The van der Waals surface area contributed by atoms with Gasteiger partial charge in [0.1, 0.15) is 0 Å². The second-order valence-corrected chi connectivity index (χ2v) is 7.85. The Morgan fingerprint density at radius 2 is 2.17 bits per heavy atom. The van der Waals surface area contributed by atoms with Crippen LogP contribution in [0, 0.1) is 6.92 Å². The van der Waals surface area contributed by atoms with Crippen molar-refractivity contribution in [3.05, 3.63) is 23.8 Å². The van der Waals surface area contributed by atoms with E-state index >= 15 is 0 Å². The van der Waals surface area contributed by atoms with Crippen LogP contribution in [0.1, 0.15) is 31.2 Å². The summed E-state index contributed by atoms with van der Waals surface area (Å²) in [5, 5.41) is 0. The number of rotatable bonds is 5. The van der Waals surface area contributed by atoms with Crippen molar-refractivity contribution in [1.82, 2.24) is 4.72 Å². The van der Waals surface area contributed by atoms with Gasteiger partial charge in [0.25, 0.3) is 0 Å². The van der Waals surface area contributed by atoms with Gasteiger partial charge in [-0.1, -0.05) is 0 Å². The van der Waals surface area contributed by atoms with Gasteiger partial charge in [0.15, 0.2) is 0 Å². The Bertz CT molecular complexity index is 696. The van der Waals surface area contributed by atoms with Crippen molar-refractivity contribution in [3.63, 3.8) is 0 Å². The second kappa shape index (κ2) is 6.59. The van der Waals surface area contributed by atoms with Gasteiger partial charge in [-0.25, -0.2) is 13.1 Å². The molecule has 0 radical (unpaired) electrons. The third-order valence-electron chi connectivity index (χ3n) is 4.37. The number of hydrogen-bond donors (Lipinski definition) is 1. The molecule has 0 aliphatic carbocycles. The van der Waals surface area contributed by atoms with Crippen LogP contribution in [0.15, 0.2) is 23.1 Å². The molecule has 0 aromatic heterocycles. The molecule has 6 nitrogen and oxygen atoms in total. The van der Waals surface area contributed by atoms with E-state index in [-0.39, 0.29) is 16.9 Å². The fraction of sp³-hybridized carbons (Fsp3) is 0.562. The average molecular weight is 338 g/mol. The van der Waals surface area contributed by atoms with Gasteiger partial charge in [-0.15, -0.1) is 0 Å². The first kappa shape index (κ1) is 16.4. The number of nitrogens with one attached hydrogen (secondary N) is 1. The molecule has 1 N–H and O–H groups in total. The van der Waals surface area contributed by atoms with Crippen molar-refractivity contribution in [2.45, 2.75) is 43.6 Å². The molecule has 2 saturated heterocycles. The van der Waals surface area contributed by atoms with E-state index in [4.69, 9.17) is 4.74 Å². The van der Waals surface area contributed by atoms with Crippen LogP contribution in [0.3, 0.4) is 0 Å². The Hall–Kier alpha value is -1.44. The van der Waals surface area contributed by atoms with Crippen molar-refractivity contribution >= 4 is 21.6 Å². The maximum atomic E-state index is 12.4. The molecule has 1 aromatic carbocycles. The van der Waals surface area contributed by atoms with Gasteiger partial charge < -0.3 is 9.64 Å². The summed E-state index contributed by atoms with van der Waals surface area (Å²) >= 11 is 0. The fourth-order valence-corrected chi connectivity index (χ4v) is 4.24. The van der Waals surface area contributed by atoms with Crippen molar-refractivity contribution in [1.29, 1.82) is 0 Å². The van der Waals surface area contributed by atoms with Crippen LogP contribution in [0.5, 0.6) is 0 Å². The molecule has 126 valence electrons. The van der Waals surface area contributed by atoms with E-state index in [0.29, 0.717) is 26.1 Å². The molecule has 23 heavy (non-hydrogen) atoms. The van der Waals surface area contributed by atoms with Crippen molar-refractivity contribution in [3.8, 4) is 0 Å². The molecule has 2 aliphatic heterocycles. The topological polar surface area (TPSA) is 75.7 Å². The maximum Gasteiger partial charge on any atom is 0.240 e. The first-order chi connectivity index (χ1) is 11.0. The summed E-state index contributed by atoms with van der Waals surface area (Å²) in [6.45, 7) is 3.53. The summed E-state index contributed by atoms with van der Waals surface area (Å²) < 4.78 is 32.8. The molecule has 1 amide bonds. The van der Waals surface area contributed by atoms with Crippen LogP contribution in [-0.2, 0) is 19.6 Å². The highest BCUT2D eigenvalue weighted by atomic mass is 32.2. The quantitative estimate of drug-likeness (QED) is 0.884. The molecule has 2 aliphatic rings. The van der Waals surface area contributed by atoms with E-state index in [1.54, 1.807) is 23.1 Å². The third-order valence-corrected chi connectivity index (χ3v) is 5.79. The van der Waals surface area contributed by atoms with E-state index in [2.05, 4.69) is 4.72 Å². The van der Waals surface area contributed by atoms with Gasteiger partial charge in [0.05, 0.1) is 11.0 Å². The molecule has 2 fully saturated rings. The van der Waals surface area contributed by atoms with E-state index in [1.165, 1.54) is 0 Å². The van der Waals surface area contributed by atoms with Crippen LogP contribution < -0.4 is 9.62 Å². The zero-order valence-electron chi connectivity index (χ0n) is 13.2. The molecule has 1 aromatic rings. The van der Waals surface area contributed by atoms with Gasteiger partial charge in [0, 0.05) is 31.8 Å². The first-order valence-corrected chi connectivity index (χ1v) is 9.48. The lowest BCUT2D eigenvalue weighted by atomic mass is 10.2. The second-order valence-electron chi connectivity index (χ2n) is 6.08. The highest BCUT2D eigenvalue weighted by Crippen LogP contribution is 2.27. The Morgan fingerprint density at radius 3 is 2.78 bits per heavy atom. The molecule has 0 bridgehead atoms. The standard InChI is InChI=1S/C16H22N2O4S/c1-12-10-14(6-7-15(12)18-8-2-5-16(18)19)23(20,21)17-11-13-4-3-9-22-13/h6-7,10,13,17H,2-5,8-9,11H2,1H3. The van der Waals surface area contributed by atoms with Gasteiger partial charge in [-0.05, 0) is 49.9 Å². The first-order valence-electron chi connectivity index (χ1n) is 8.00. The monoisotopic (exact) mass is 338 g/mol. The van der Waals surface area contributed by atoms with Gasteiger partial charge >= 0.3 is 0 Å². The molecular weight excluding hydrogens is 316 g/mol. The number of carbonyl (C=O) groups excluding carboxylic acids is 1. The predicted molar refractivity (Wildman–Crippen MR) is 86.9 cm³/mol. The molecule has 1 atom stereocenters. The summed E-state index contributed by atoms with van der Waals surface area (Å²) in [7, 11) is -3.56. The van der Waals surface area contributed by atoms with Crippen LogP contribution in [-0.4, -0.2) is 40.1 Å². The number of carbonyl (C=O) groups is 1. The van der Waals surface area contributed by atoms with E-state index < -0.39 is 10.0 Å². The number of hydrogen-bond acceptors (Lipinski definition) is 4. The minimum absolute atomic E-state index is 0.0348. The maximum absolute atomic E-state index is 12.4. The Kier molecular flexibility index (Phi) is 4.70. The number of ether oxygens (including phenoxy) is 1. The molecular formula is C16H22N2O4S. The van der Waals surface area contributed by atoms with Crippen molar-refractivity contribution < 1.29 is 17.9 Å². The zero-order chi connectivity index (χ0) is 16.4. The zero-order valence-corrected chi connectivity index (χ0v) is 14.1. The molecule has 0 saturated carbocycles. The summed E-state index contributed by atoms with van der Waals surface area (Å²) in [6.07, 6.45) is 3.23. The lowest BCUT2D eigenvalue weighted by Gasteiger charge is -2.19. The molecule has 3 rings (SSSR count). The Labute approximate surface area is 136 Å². The summed E-state index contributed by atoms with van der Waals surface area (Å²) in [4.78, 5) is 13.8. The number of benzene rings is 1. The van der Waals surface area contributed by atoms with Crippen LogP contribution >= 0.6 is 0 Å². The molecule has 7 heteroatoms. The van der Waals surface area contributed by atoms with Crippen molar-refractivity contribution in [2.24, 2.45) is 0 Å². The summed E-state index contributed by atoms with van der Waals surface area (Å²) in [5.41, 5.74) is 1.59. The minimum atomic E-state index is -3.56. The fourth-order valence-electron chi connectivity index (χ4n) is 3.09. The smallest absolute Gasteiger partial charge is 0.240 e. The van der Waals surface area contributed by atoms with Crippen LogP contribution in [0.25, 0.3) is 0 Å². The molecule has 1 unspecified atom stereocenters. The summed E-state index contributed by atoms with van der Waals surface area (Å²) in [6, 6.07) is 4.91. The number of aryl methyl sites for hydroxylation is 1. The molecule has 2 heterocycles. The Balaban J connectivity index is 1.74. The lowest BCUT2D eigenvalue weighted by Crippen LogP contribution is -2.32. The van der Waals surface area contributed by atoms with Crippen LogP contribution in [0.4, 0.5) is 5.69 Å². The SMILES string of the molecule is Cc1cc(S(=O)(=O)NCC2CCCO2)ccc1N1CCCC1=O. The predicted octanol–water partition coefficient (Wildman–Crippen LogP) is 1.58. The van der Waals surface area contributed by atoms with E-state index in [1.807, 2.05) is 6.92 Å². The lowest BCUT2D eigenvalue weighted by molar-refractivity contribution is -0.117. The number of anilines is 1. The number of nitrogens with zero attached hydrogens (tertiary/aromatic N) is 1. The highest BCUT2D eigenvalue weighted by molar-refractivity contribution is 7.89. The average Bonchev–Trinajstić information content (AvgIpc) is 3.17. The van der Waals surface area contributed by atoms with Crippen molar-refractivity contribution in [2.75, 3.05) is 24.6 Å². The largest absolute Gasteiger partial charge is 0.377 e.